The monoisotopic (exact) mass is 599 g/mol. The van der Waals surface area contributed by atoms with Gasteiger partial charge in [-0.1, -0.05) is 12.1 Å². The van der Waals surface area contributed by atoms with Gasteiger partial charge in [-0.3, -0.25) is 4.99 Å². The maximum Gasteiger partial charge on any atom is 0.410 e. The van der Waals surface area contributed by atoms with Gasteiger partial charge in [-0.25, -0.2) is 14.6 Å². The molecular weight excluding hydrogens is 567 g/mol. The first kappa shape index (κ1) is 32.4. The van der Waals surface area contributed by atoms with E-state index >= 15 is 0 Å². The van der Waals surface area contributed by atoms with Crippen LogP contribution >= 0.6 is 0 Å². The second kappa shape index (κ2) is 13.2. The average Bonchev–Trinajstić information content (AvgIpc) is 3.37. The number of benzene rings is 1. The van der Waals surface area contributed by atoms with E-state index in [0.29, 0.717) is 28.2 Å². The molecule has 15 heteroatoms. The number of nitrogens with two attached hydrogens (primary N) is 1. The quantitative estimate of drug-likeness (QED) is 0.207. The minimum Gasteiger partial charge on any atom is -0.444 e. The lowest BCUT2D eigenvalue weighted by atomic mass is 9.87. The van der Waals surface area contributed by atoms with Gasteiger partial charge >= 0.3 is 18.3 Å². The molecule has 1 aliphatic heterocycles. The minimum atomic E-state index is -4.53. The zero-order valence-corrected chi connectivity index (χ0v) is 23.7. The standard InChI is InChI=1S/C28H32F3N9O3/c1-26(2,3)43-25(42)40-16-27(17-40,7-8-32)37-13-20(12-34)19(11-33)10-23-35-14-22(39-23)18-5-4-6-21(9-18)38-24(41)36-15-28(29,30)31/h4-6,9-14,33H,7,15-17,34H2,1-3H3,(H,35,39)(H2,36,38,41)/b19-10+,20-12?,33-11?,37-13?. The Morgan fingerprint density at radius 1 is 1.30 bits per heavy atom. The zero-order valence-electron chi connectivity index (χ0n) is 23.7. The number of amides is 3. The van der Waals surface area contributed by atoms with Crippen LogP contribution in [0.15, 0.2) is 52.8 Å². The maximum atomic E-state index is 12.3. The van der Waals surface area contributed by atoms with E-state index in [9.17, 15) is 28.0 Å². The van der Waals surface area contributed by atoms with E-state index in [-0.39, 0.29) is 25.2 Å². The summed E-state index contributed by atoms with van der Waals surface area (Å²) in [6, 6.07) is 7.49. The third kappa shape index (κ3) is 9.45. The van der Waals surface area contributed by atoms with Gasteiger partial charge < -0.3 is 36.4 Å². The van der Waals surface area contributed by atoms with E-state index in [0.717, 1.165) is 6.21 Å². The van der Waals surface area contributed by atoms with Crippen LogP contribution < -0.4 is 16.4 Å². The van der Waals surface area contributed by atoms with Crippen LogP contribution in [-0.2, 0) is 4.74 Å². The summed E-state index contributed by atoms with van der Waals surface area (Å²) < 4.78 is 42.4. The second-order valence-electron chi connectivity index (χ2n) is 10.7. The van der Waals surface area contributed by atoms with E-state index in [2.05, 4.69) is 26.3 Å². The average molecular weight is 600 g/mol. The highest BCUT2D eigenvalue weighted by atomic mass is 19.4. The zero-order chi connectivity index (χ0) is 31.8. The Balaban J connectivity index is 1.72. The molecule has 3 rings (SSSR count). The fraction of sp³-hybridized carbons (Fsp3) is 0.357. The Bertz CT molecular complexity index is 1470. The molecule has 1 aliphatic rings. The molecular formula is C28H32F3N9O3. The van der Waals surface area contributed by atoms with E-state index < -0.39 is 36.0 Å². The smallest absolute Gasteiger partial charge is 0.410 e. The number of aromatic nitrogens is 2. The van der Waals surface area contributed by atoms with Crippen molar-refractivity contribution in [1.82, 2.24) is 20.2 Å². The van der Waals surface area contributed by atoms with Crippen LogP contribution in [-0.4, -0.2) is 76.4 Å². The number of imidazole rings is 1. The van der Waals surface area contributed by atoms with Crippen molar-refractivity contribution in [3.05, 3.63) is 53.6 Å². The molecule has 1 saturated heterocycles. The third-order valence-electron chi connectivity index (χ3n) is 5.94. The number of H-pyrrole nitrogens is 1. The largest absolute Gasteiger partial charge is 0.444 e. The minimum absolute atomic E-state index is 0.0593. The molecule has 0 unspecified atom stereocenters. The number of allylic oxidation sites excluding steroid dienone is 2. The molecule has 1 aromatic heterocycles. The van der Waals surface area contributed by atoms with Gasteiger partial charge in [0.2, 0.25) is 0 Å². The molecule has 3 amide bonds. The number of likely N-dealkylation sites (tertiary alicyclic amines) is 1. The lowest BCUT2D eigenvalue weighted by molar-refractivity contribution is -0.122. The topological polar surface area (TPSA) is 185 Å². The number of aliphatic imine (C=N–C) groups is 1. The van der Waals surface area contributed by atoms with Gasteiger partial charge in [0, 0.05) is 41.0 Å². The number of carbonyl (C=O) groups excluding carboxylic acids is 2. The van der Waals surface area contributed by atoms with Crippen LogP contribution in [0.5, 0.6) is 0 Å². The summed E-state index contributed by atoms with van der Waals surface area (Å²) >= 11 is 0. The highest BCUT2D eigenvalue weighted by Gasteiger charge is 2.46. The molecule has 12 nitrogen and oxygen atoms in total. The van der Waals surface area contributed by atoms with Crippen LogP contribution in [0.1, 0.15) is 33.0 Å². The van der Waals surface area contributed by atoms with Crippen molar-refractivity contribution in [2.75, 3.05) is 25.0 Å². The van der Waals surface area contributed by atoms with E-state index in [4.69, 9.17) is 15.9 Å². The summed E-state index contributed by atoms with van der Waals surface area (Å²) in [5.41, 5.74) is 6.44. The lowest BCUT2D eigenvalue weighted by Gasteiger charge is -2.46. The van der Waals surface area contributed by atoms with Crippen LogP contribution in [0.3, 0.4) is 0 Å². The predicted octanol–water partition coefficient (Wildman–Crippen LogP) is 4.61. The molecule has 228 valence electrons. The molecule has 2 heterocycles. The Morgan fingerprint density at radius 3 is 2.63 bits per heavy atom. The van der Waals surface area contributed by atoms with Gasteiger partial charge in [-0.05, 0) is 39.0 Å². The highest BCUT2D eigenvalue weighted by molar-refractivity contribution is 6.01. The molecule has 0 radical (unpaired) electrons. The number of anilines is 1. The van der Waals surface area contributed by atoms with E-state index in [1.807, 2.05) is 0 Å². The SMILES string of the molecule is CC(C)(C)OC(=O)N1CC(CC#N)(N=CC(=CN)/C(C=N)=C/c2ncc(-c3cccc(NC(=O)NCC(F)(F)F)c3)[nH]2)C1. The number of nitrogens with zero attached hydrogens (tertiary/aromatic N) is 4. The lowest BCUT2D eigenvalue weighted by Crippen LogP contribution is -2.63. The number of nitriles is 1. The van der Waals surface area contributed by atoms with Gasteiger partial charge in [0.15, 0.2) is 0 Å². The number of halogens is 3. The van der Waals surface area contributed by atoms with Gasteiger partial charge in [-0.15, -0.1) is 0 Å². The molecule has 0 spiro atoms. The van der Waals surface area contributed by atoms with Crippen LogP contribution in [0.4, 0.5) is 28.4 Å². The summed E-state index contributed by atoms with van der Waals surface area (Å²) in [7, 11) is 0. The van der Waals surface area contributed by atoms with Crippen molar-refractivity contribution in [2.24, 2.45) is 10.7 Å². The van der Waals surface area contributed by atoms with Crippen LogP contribution in [0, 0.1) is 16.7 Å². The Hall–Kier alpha value is -5.13. The van der Waals surface area contributed by atoms with Crippen molar-refractivity contribution in [2.45, 2.75) is 44.5 Å². The molecule has 0 aliphatic carbocycles. The van der Waals surface area contributed by atoms with Crippen molar-refractivity contribution in [1.29, 1.82) is 10.7 Å². The summed E-state index contributed by atoms with van der Waals surface area (Å²) in [6.07, 6.45) is 1.86. The van der Waals surface area contributed by atoms with Crippen LogP contribution in [0.2, 0.25) is 0 Å². The van der Waals surface area contributed by atoms with Gasteiger partial charge in [0.1, 0.15) is 23.5 Å². The fourth-order valence-corrected chi connectivity index (χ4v) is 3.96. The fourth-order valence-electron chi connectivity index (χ4n) is 3.96. The predicted molar refractivity (Wildman–Crippen MR) is 155 cm³/mol. The molecule has 6 N–H and O–H groups in total. The van der Waals surface area contributed by atoms with Crippen molar-refractivity contribution >= 4 is 36.3 Å². The van der Waals surface area contributed by atoms with Gasteiger partial charge in [0.05, 0.1) is 37.5 Å². The molecule has 1 aromatic carbocycles. The van der Waals surface area contributed by atoms with E-state index in [1.165, 1.54) is 29.6 Å². The number of hydrogen-bond acceptors (Lipinski definition) is 8. The Morgan fingerprint density at radius 2 is 2.02 bits per heavy atom. The maximum absolute atomic E-state index is 12.3. The summed E-state index contributed by atoms with van der Waals surface area (Å²) in [4.78, 5) is 37.5. The molecule has 2 aromatic rings. The number of hydrogen-bond donors (Lipinski definition) is 5. The molecule has 1 fully saturated rings. The first-order valence-corrected chi connectivity index (χ1v) is 13.0. The summed E-state index contributed by atoms with van der Waals surface area (Å²) in [5.74, 6) is 0.356. The van der Waals surface area contributed by atoms with Crippen molar-refractivity contribution in [3.63, 3.8) is 0 Å². The summed E-state index contributed by atoms with van der Waals surface area (Å²) in [6.45, 7) is 4.20. The Kier molecular flexibility index (Phi) is 9.97. The van der Waals surface area contributed by atoms with Gasteiger partial charge in [-0.2, -0.15) is 18.4 Å². The first-order chi connectivity index (χ1) is 20.2. The van der Waals surface area contributed by atoms with Crippen LogP contribution in [0.25, 0.3) is 17.3 Å². The van der Waals surface area contributed by atoms with E-state index in [1.54, 1.807) is 50.4 Å². The Labute approximate surface area is 246 Å². The molecule has 0 bridgehead atoms. The molecule has 43 heavy (non-hydrogen) atoms. The number of alkyl halides is 3. The number of carbonyl (C=O) groups is 2. The second-order valence-corrected chi connectivity index (χ2v) is 10.7. The number of nitrogens with one attached hydrogen (secondary N) is 4. The highest BCUT2D eigenvalue weighted by Crippen LogP contribution is 2.30. The number of ether oxygens (including phenoxy) is 1. The number of urea groups is 1. The number of aromatic amines is 1. The summed E-state index contributed by atoms with van der Waals surface area (Å²) in [5, 5.41) is 21.3. The van der Waals surface area contributed by atoms with Gasteiger partial charge in [0.25, 0.3) is 0 Å². The first-order valence-electron chi connectivity index (χ1n) is 13.0. The molecule has 0 atom stereocenters. The molecule has 0 saturated carbocycles. The number of rotatable bonds is 9. The third-order valence-corrected chi connectivity index (χ3v) is 5.94. The van der Waals surface area contributed by atoms with Crippen molar-refractivity contribution in [3.8, 4) is 17.3 Å². The normalized spacial score (nSPS) is 15.4. The van der Waals surface area contributed by atoms with Crippen molar-refractivity contribution < 1.29 is 27.5 Å².